The molecular weight excluding hydrogens is 308 g/mol. The first-order chi connectivity index (χ1) is 9.41. The Morgan fingerprint density at radius 3 is 2.75 bits per heavy atom. The van der Waals surface area contributed by atoms with Crippen LogP contribution in [0.5, 0.6) is 0 Å². The standard InChI is InChI=1S/C11H13F2N3O2S2/c1-14-20(17,18)4-2-3-19-11-15-9-5-7(12)8(13)6-10(9)16-11/h5-6,14H,2-4H2,1H3,(H,15,16). The van der Waals surface area contributed by atoms with Crippen LogP contribution in [0.25, 0.3) is 11.0 Å². The van der Waals surface area contributed by atoms with Gasteiger partial charge in [-0.15, -0.1) is 0 Å². The third kappa shape index (κ3) is 3.68. The summed E-state index contributed by atoms with van der Waals surface area (Å²) < 4.78 is 50.7. The van der Waals surface area contributed by atoms with Gasteiger partial charge in [0.25, 0.3) is 0 Å². The number of hydrogen-bond acceptors (Lipinski definition) is 4. The van der Waals surface area contributed by atoms with E-state index >= 15 is 0 Å². The Morgan fingerprint density at radius 2 is 2.05 bits per heavy atom. The average Bonchev–Trinajstić information content (AvgIpc) is 2.77. The maximum atomic E-state index is 13.0. The monoisotopic (exact) mass is 321 g/mol. The van der Waals surface area contributed by atoms with Crippen molar-refractivity contribution in [1.29, 1.82) is 0 Å². The first-order valence-corrected chi connectivity index (χ1v) is 8.44. The van der Waals surface area contributed by atoms with Crippen LogP contribution in [0.15, 0.2) is 17.3 Å². The van der Waals surface area contributed by atoms with Crippen LogP contribution in [0.1, 0.15) is 6.42 Å². The van der Waals surface area contributed by atoms with E-state index in [0.29, 0.717) is 28.4 Å². The average molecular weight is 321 g/mol. The molecule has 20 heavy (non-hydrogen) atoms. The van der Waals surface area contributed by atoms with Crippen LogP contribution in [0, 0.1) is 11.6 Å². The van der Waals surface area contributed by atoms with Crippen LogP contribution in [-0.2, 0) is 10.0 Å². The lowest BCUT2D eigenvalue weighted by atomic mass is 10.3. The van der Waals surface area contributed by atoms with Crippen LogP contribution in [0.2, 0.25) is 0 Å². The third-order valence-electron chi connectivity index (χ3n) is 2.61. The summed E-state index contributed by atoms with van der Waals surface area (Å²) >= 11 is 1.31. The van der Waals surface area contributed by atoms with Crippen molar-refractivity contribution in [2.75, 3.05) is 18.6 Å². The molecule has 1 aromatic carbocycles. The second-order valence-electron chi connectivity index (χ2n) is 4.05. The van der Waals surface area contributed by atoms with Crippen LogP contribution in [0.4, 0.5) is 8.78 Å². The third-order valence-corrected chi connectivity index (χ3v) is 5.02. The molecular formula is C11H13F2N3O2S2. The second-order valence-corrected chi connectivity index (χ2v) is 7.18. The second kappa shape index (κ2) is 6.06. The number of benzene rings is 1. The number of imidazole rings is 1. The zero-order chi connectivity index (χ0) is 14.8. The van der Waals surface area contributed by atoms with Gasteiger partial charge in [0.05, 0.1) is 16.8 Å². The number of rotatable bonds is 6. The predicted molar refractivity (Wildman–Crippen MR) is 74.2 cm³/mol. The number of sulfonamides is 1. The number of aromatic nitrogens is 2. The molecule has 1 aromatic heterocycles. The van der Waals surface area contributed by atoms with Gasteiger partial charge in [-0.05, 0) is 13.5 Å². The van der Waals surface area contributed by atoms with E-state index in [2.05, 4.69) is 14.7 Å². The zero-order valence-corrected chi connectivity index (χ0v) is 12.2. The Labute approximate surface area is 119 Å². The molecule has 0 aliphatic heterocycles. The minimum absolute atomic E-state index is 0.0278. The summed E-state index contributed by atoms with van der Waals surface area (Å²) in [6.07, 6.45) is 0.452. The molecule has 9 heteroatoms. The molecule has 0 aliphatic carbocycles. The minimum Gasteiger partial charge on any atom is -0.333 e. The Morgan fingerprint density at radius 1 is 1.35 bits per heavy atom. The van der Waals surface area contributed by atoms with Crippen molar-refractivity contribution in [2.45, 2.75) is 11.6 Å². The molecule has 0 unspecified atom stereocenters. The van der Waals surface area contributed by atoms with Gasteiger partial charge in [0.2, 0.25) is 10.0 Å². The summed E-state index contributed by atoms with van der Waals surface area (Å²) in [6, 6.07) is 2.07. The number of thioether (sulfide) groups is 1. The lowest BCUT2D eigenvalue weighted by Crippen LogP contribution is -2.22. The molecule has 0 saturated heterocycles. The fourth-order valence-corrected chi connectivity index (χ4v) is 3.31. The molecule has 0 aliphatic rings. The van der Waals surface area contributed by atoms with Gasteiger partial charge < -0.3 is 4.98 Å². The summed E-state index contributed by atoms with van der Waals surface area (Å²) in [6.45, 7) is 0. The van der Waals surface area contributed by atoms with Crippen LogP contribution < -0.4 is 4.72 Å². The molecule has 110 valence electrons. The lowest BCUT2D eigenvalue weighted by Gasteiger charge is -2.00. The normalized spacial score (nSPS) is 12.2. The first-order valence-electron chi connectivity index (χ1n) is 5.80. The molecule has 0 saturated carbocycles. The highest BCUT2D eigenvalue weighted by molar-refractivity contribution is 7.99. The largest absolute Gasteiger partial charge is 0.333 e. The predicted octanol–water partition coefficient (Wildman–Crippen LogP) is 1.87. The summed E-state index contributed by atoms with van der Waals surface area (Å²) in [5.74, 6) is -1.32. The fourth-order valence-electron chi connectivity index (χ4n) is 1.57. The highest BCUT2D eigenvalue weighted by atomic mass is 32.2. The molecule has 2 rings (SSSR count). The highest BCUT2D eigenvalue weighted by Crippen LogP contribution is 2.22. The van der Waals surface area contributed by atoms with Crippen molar-refractivity contribution in [3.63, 3.8) is 0 Å². The number of halogens is 2. The fraction of sp³-hybridized carbons (Fsp3) is 0.364. The summed E-state index contributed by atoms with van der Waals surface area (Å²) in [4.78, 5) is 6.96. The number of fused-ring (bicyclic) bond motifs is 1. The molecule has 2 N–H and O–H groups in total. The molecule has 1 heterocycles. The van der Waals surface area contributed by atoms with Crippen molar-refractivity contribution >= 4 is 32.8 Å². The zero-order valence-electron chi connectivity index (χ0n) is 10.6. The maximum Gasteiger partial charge on any atom is 0.211 e. The van der Waals surface area contributed by atoms with Crippen molar-refractivity contribution < 1.29 is 17.2 Å². The molecule has 5 nitrogen and oxygen atoms in total. The van der Waals surface area contributed by atoms with Crippen LogP contribution in [0.3, 0.4) is 0 Å². The van der Waals surface area contributed by atoms with E-state index in [1.807, 2.05) is 0 Å². The summed E-state index contributed by atoms with van der Waals surface area (Å²) in [5.41, 5.74) is 0.753. The van der Waals surface area contributed by atoms with E-state index in [0.717, 1.165) is 12.1 Å². The number of hydrogen-bond donors (Lipinski definition) is 2. The van der Waals surface area contributed by atoms with E-state index < -0.39 is 21.7 Å². The van der Waals surface area contributed by atoms with Gasteiger partial charge in [-0.2, -0.15) is 0 Å². The van der Waals surface area contributed by atoms with Gasteiger partial charge in [0.15, 0.2) is 16.8 Å². The van der Waals surface area contributed by atoms with Crippen molar-refractivity contribution in [1.82, 2.24) is 14.7 Å². The number of aromatic amines is 1. The molecule has 0 atom stereocenters. The molecule has 0 radical (unpaired) electrons. The van der Waals surface area contributed by atoms with Gasteiger partial charge in [-0.3, -0.25) is 0 Å². The van der Waals surface area contributed by atoms with E-state index in [4.69, 9.17) is 0 Å². The molecule has 0 amide bonds. The quantitative estimate of drug-likeness (QED) is 0.629. The minimum atomic E-state index is -3.20. The van der Waals surface area contributed by atoms with E-state index in [1.54, 1.807) is 0 Å². The maximum absolute atomic E-state index is 13.0. The van der Waals surface area contributed by atoms with E-state index in [-0.39, 0.29) is 5.75 Å². The smallest absolute Gasteiger partial charge is 0.211 e. The first kappa shape index (κ1) is 15.2. The Bertz CT molecular complexity index is 677. The summed E-state index contributed by atoms with van der Waals surface area (Å²) in [7, 11) is -1.84. The van der Waals surface area contributed by atoms with Crippen LogP contribution in [-0.4, -0.2) is 36.9 Å². The van der Waals surface area contributed by atoms with Crippen molar-refractivity contribution in [3.8, 4) is 0 Å². The number of nitrogens with zero attached hydrogens (tertiary/aromatic N) is 1. The lowest BCUT2D eigenvalue weighted by molar-refractivity contribution is 0.510. The van der Waals surface area contributed by atoms with Gasteiger partial charge in [0, 0.05) is 17.9 Å². The Kier molecular flexibility index (Phi) is 4.61. The van der Waals surface area contributed by atoms with Crippen LogP contribution >= 0.6 is 11.8 Å². The molecule has 0 spiro atoms. The Balaban J connectivity index is 1.97. The SMILES string of the molecule is CNS(=O)(=O)CCCSc1nc2cc(F)c(F)cc2[nH]1. The molecule has 2 aromatic rings. The topological polar surface area (TPSA) is 74.8 Å². The van der Waals surface area contributed by atoms with E-state index in [1.165, 1.54) is 18.8 Å². The molecule has 0 bridgehead atoms. The number of H-pyrrole nitrogens is 1. The number of nitrogens with one attached hydrogen (secondary N) is 2. The van der Waals surface area contributed by atoms with Crippen molar-refractivity contribution in [2.24, 2.45) is 0 Å². The van der Waals surface area contributed by atoms with E-state index in [9.17, 15) is 17.2 Å². The van der Waals surface area contributed by atoms with Gasteiger partial charge in [0.1, 0.15) is 0 Å². The van der Waals surface area contributed by atoms with Gasteiger partial charge in [-0.25, -0.2) is 26.9 Å². The van der Waals surface area contributed by atoms with Gasteiger partial charge >= 0.3 is 0 Å². The summed E-state index contributed by atoms with van der Waals surface area (Å²) in [5, 5.41) is 0.506. The van der Waals surface area contributed by atoms with Gasteiger partial charge in [-0.1, -0.05) is 11.8 Å². The highest BCUT2D eigenvalue weighted by Gasteiger charge is 2.10. The Hall–Kier alpha value is -1.19. The van der Waals surface area contributed by atoms with Crippen molar-refractivity contribution in [3.05, 3.63) is 23.8 Å². The molecule has 0 fully saturated rings.